The van der Waals surface area contributed by atoms with E-state index in [1.54, 1.807) is 49.6 Å². The van der Waals surface area contributed by atoms with Gasteiger partial charge in [-0.2, -0.15) is 0 Å². The average molecular weight is 428 g/mol. The molecule has 1 fully saturated rings. The first kappa shape index (κ1) is 20.6. The Kier molecular flexibility index (Phi) is 6.69. The maximum absolute atomic E-state index is 12.1. The molecule has 0 bridgehead atoms. The van der Waals surface area contributed by atoms with Gasteiger partial charge in [-0.05, 0) is 47.5 Å². The molecule has 1 amide bonds. The highest BCUT2D eigenvalue weighted by Crippen LogP contribution is 2.31. The van der Waals surface area contributed by atoms with Crippen LogP contribution in [-0.4, -0.2) is 30.4 Å². The highest BCUT2D eigenvalue weighted by atomic mass is 32.2. The molecule has 0 saturated carbocycles. The lowest BCUT2D eigenvalue weighted by molar-refractivity contribution is -0.129. The van der Waals surface area contributed by atoms with Crippen LogP contribution in [0.1, 0.15) is 11.1 Å². The number of benzene rings is 2. The number of hydrogen-bond acceptors (Lipinski definition) is 7. The lowest BCUT2D eigenvalue weighted by atomic mass is 10.2. The minimum absolute atomic E-state index is 0.238. The van der Waals surface area contributed by atoms with Crippen LogP contribution >= 0.6 is 24.0 Å². The van der Waals surface area contributed by atoms with Crippen LogP contribution in [0.2, 0.25) is 0 Å². The zero-order valence-corrected chi connectivity index (χ0v) is 17.3. The molecule has 1 aliphatic heterocycles. The largest absolute Gasteiger partial charge is 0.497 e. The Hall–Kier alpha value is -3.10. The topological polar surface area (TPSA) is 73.9 Å². The SMILES string of the molecule is COc1ccc(/C=C/C(=O)Oc2ccc(/C=C3\SC(=S)NC3=O)cc2OC)cc1. The van der Waals surface area contributed by atoms with E-state index in [-0.39, 0.29) is 11.7 Å². The third kappa shape index (κ3) is 5.46. The Labute approximate surface area is 177 Å². The molecule has 0 spiro atoms. The Morgan fingerprint density at radius 2 is 1.76 bits per heavy atom. The smallest absolute Gasteiger partial charge is 0.336 e. The summed E-state index contributed by atoms with van der Waals surface area (Å²) in [5.41, 5.74) is 1.56. The molecule has 1 heterocycles. The van der Waals surface area contributed by atoms with Gasteiger partial charge in [0, 0.05) is 6.08 Å². The highest BCUT2D eigenvalue weighted by molar-refractivity contribution is 8.26. The maximum atomic E-state index is 12.1. The predicted octanol–water partition coefficient (Wildman–Crippen LogP) is 3.81. The van der Waals surface area contributed by atoms with E-state index in [1.165, 1.54) is 24.9 Å². The Morgan fingerprint density at radius 1 is 1.03 bits per heavy atom. The Bertz CT molecular complexity index is 1010. The third-order valence-corrected chi connectivity index (χ3v) is 5.03. The van der Waals surface area contributed by atoms with E-state index in [0.717, 1.165) is 16.9 Å². The van der Waals surface area contributed by atoms with Crippen LogP contribution < -0.4 is 19.5 Å². The van der Waals surface area contributed by atoms with E-state index < -0.39 is 5.97 Å². The second-order valence-corrected chi connectivity index (χ2v) is 7.51. The van der Waals surface area contributed by atoms with Gasteiger partial charge in [-0.3, -0.25) is 4.79 Å². The zero-order chi connectivity index (χ0) is 20.8. The molecular formula is C21H17NO5S2. The number of carbonyl (C=O) groups excluding carboxylic acids is 2. The summed E-state index contributed by atoms with van der Waals surface area (Å²) in [5.74, 6) is 0.605. The van der Waals surface area contributed by atoms with E-state index >= 15 is 0 Å². The normalized spacial score (nSPS) is 14.9. The standard InChI is InChI=1S/C21H17NO5S2/c1-25-15-7-3-13(4-8-15)6-10-19(23)27-16-9-5-14(11-17(16)26-2)12-18-20(24)22-21(28)29-18/h3-12H,1-2H3,(H,22,24,28)/b10-6+,18-12-. The highest BCUT2D eigenvalue weighted by Gasteiger charge is 2.22. The van der Waals surface area contributed by atoms with Crippen LogP contribution in [0.4, 0.5) is 0 Å². The average Bonchev–Trinajstić information content (AvgIpc) is 3.04. The van der Waals surface area contributed by atoms with Crippen molar-refractivity contribution in [2.45, 2.75) is 0 Å². The van der Waals surface area contributed by atoms with Crippen LogP contribution in [0.15, 0.2) is 53.4 Å². The van der Waals surface area contributed by atoms with Crippen molar-refractivity contribution in [3.8, 4) is 17.2 Å². The lowest BCUT2D eigenvalue weighted by Crippen LogP contribution is -2.17. The van der Waals surface area contributed by atoms with E-state index in [0.29, 0.717) is 15.0 Å². The number of thioether (sulfide) groups is 1. The molecule has 1 aliphatic rings. The molecule has 6 nitrogen and oxygen atoms in total. The molecule has 2 aromatic carbocycles. The monoisotopic (exact) mass is 427 g/mol. The predicted molar refractivity (Wildman–Crippen MR) is 117 cm³/mol. The minimum atomic E-state index is -0.540. The van der Waals surface area contributed by atoms with E-state index in [1.807, 2.05) is 12.1 Å². The molecule has 29 heavy (non-hydrogen) atoms. The number of carbonyl (C=O) groups is 2. The molecule has 1 saturated heterocycles. The van der Waals surface area contributed by atoms with Crippen molar-refractivity contribution < 1.29 is 23.8 Å². The number of nitrogens with one attached hydrogen (secondary N) is 1. The number of thiocarbonyl (C=S) groups is 1. The summed E-state index contributed by atoms with van der Waals surface area (Å²) in [7, 11) is 3.07. The fourth-order valence-electron chi connectivity index (χ4n) is 2.45. The maximum Gasteiger partial charge on any atom is 0.336 e. The van der Waals surface area contributed by atoms with Gasteiger partial charge in [0.25, 0.3) is 5.91 Å². The first-order chi connectivity index (χ1) is 14.0. The van der Waals surface area contributed by atoms with Crippen LogP contribution in [0.25, 0.3) is 12.2 Å². The molecule has 0 atom stereocenters. The number of rotatable bonds is 6. The number of ether oxygens (including phenoxy) is 3. The van der Waals surface area contributed by atoms with Crippen molar-refractivity contribution in [3.63, 3.8) is 0 Å². The van der Waals surface area contributed by atoms with Gasteiger partial charge < -0.3 is 19.5 Å². The van der Waals surface area contributed by atoms with Crippen molar-refractivity contribution in [2.24, 2.45) is 0 Å². The van der Waals surface area contributed by atoms with Gasteiger partial charge in [-0.25, -0.2) is 4.79 Å². The lowest BCUT2D eigenvalue weighted by Gasteiger charge is -2.09. The summed E-state index contributed by atoms with van der Waals surface area (Å²) in [4.78, 5) is 24.4. The zero-order valence-electron chi connectivity index (χ0n) is 15.6. The third-order valence-electron chi connectivity index (χ3n) is 3.87. The van der Waals surface area contributed by atoms with Crippen molar-refractivity contribution in [3.05, 3.63) is 64.6 Å². The first-order valence-corrected chi connectivity index (χ1v) is 9.68. The molecule has 148 valence electrons. The van der Waals surface area contributed by atoms with Crippen LogP contribution in [0, 0.1) is 0 Å². The summed E-state index contributed by atoms with van der Waals surface area (Å²) in [6.45, 7) is 0. The van der Waals surface area contributed by atoms with Crippen molar-refractivity contribution in [2.75, 3.05) is 14.2 Å². The number of amides is 1. The van der Waals surface area contributed by atoms with Crippen molar-refractivity contribution in [1.82, 2.24) is 5.32 Å². The number of methoxy groups -OCH3 is 2. The van der Waals surface area contributed by atoms with Gasteiger partial charge in [0.1, 0.15) is 10.1 Å². The summed E-state index contributed by atoms with van der Waals surface area (Å²) in [6, 6.07) is 12.3. The molecule has 0 radical (unpaired) electrons. The summed E-state index contributed by atoms with van der Waals surface area (Å²) < 4.78 is 16.2. The van der Waals surface area contributed by atoms with E-state index in [9.17, 15) is 9.59 Å². The van der Waals surface area contributed by atoms with Gasteiger partial charge in [0.2, 0.25) is 0 Å². The van der Waals surface area contributed by atoms with Crippen LogP contribution in [0.5, 0.6) is 17.2 Å². The number of esters is 1. The van der Waals surface area contributed by atoms with Crippen molar-refractivity contribution >= 4 is 52.3 Å². The molecule has 3 rings (SSSR count). The summed E-state index contributed by atoms with van der Waals surface area (Å²) in [6.07, 6.45) is 4.67. The van der Waals surface area contributed by atoms with Gasteiger partial charge >= 0.3 is 5.97 Å². The number of hydrogen-bond donors (Lipinski definition) is 1. The molecule has 0 unspecified atom stereocenters. The Morgan fingerprint density at radius 3 is 2.38 bits per heavy atom. The second-order valence-electron chi connectivity index (χ2n) is 5.79. The second kappa shape index (κ2) is 9.40. The Balaban J connectivity index is 1.70. The van der Waals surface area contributed by atoms with Gasteiger partial charge in [0.15, 0.2) is 11.5 Å². The van der Waals surface area contributed by atoms with Gasteiger partial charge in [-0.15, -0.1) is 0 Å². The summed E-state index contributed by atoms with van der Waals surface area (Å²) in [5, 5.41) is 2.56. The van der Waals surface area contributed by atoms with Crippen LogP contribution in [-0.2, 0) is 9.59 Å². The van der Waals surface area contributed by atoms with Gasteiger partial charge in [0.05, 0.1) is 19.1 Å². The molecule has 0 aromatic heterocycles. The first-order valence-electron chi connectivity index (χ1n) is 8.45. The molecule has 0 aliphatic carbocycles. The fraction of sp³-hybridized carbons (Fsp3) is 0.0952. The fourth-order valence-corrected chi connectivity index (χ4v) is 3.50. The molecule has 8 heteroatoms. The molecule has 1 N–H and O–H groups in total. The van der Waals surface area contributed by atoms with E-state index in [4.69, 9.17) is 26.4 Å². The van der Waals surface area contributed by atoms with Crippen LogP contribution in [0.3, 0.4) is 0 Å². The quantitative estimate of drug-likeness (QED) is 0.325. The van der Waals surface area contributed by atoms with E-state index in [2.05, 4.69) is 5.32 Å². The summed E-state index contributed by atoms with van der Waals surface area (Å²) >= 11 is 6.17. The van der Waals surface area contributed by atoms with Gasteiger partial charge in [-0.1, -0.05) is 42.2 Å². The molecule has 2 aromatic rings. The molecular weight excluding hydrogens is 410 g/mol. The minimum Gasteiger partial charge on any atom is -0.497 e. The van der Waals surface area contributed by atoms with Crippen molar-refractivity contribution in [1.29, 1.82) is 0 Å².